The van der Waals surface area contributed by atoms with Gasteiger partial charge in [-0.05, 0) is 92.1 Å². The standard InChI is InChI=1S/C21H21N5O2.C20H21N5O14S4/c1-13-3-5-14(6-4-13)21(27)24-15-7-9-16(10-8-15)25-26-19-12-20(28-2)18(23)11-17(19)22;1-22-25-19-16(43(34,35)36)8-11-14(41(28,29)30)9-13(18(21)17(11)20(19)26)24-23-12-5-4-10(7-15(12)42(31,32)33)3-2-6-37-40-39-38-27/h3-12H,22-23H2,1-2H3,(H,24,27);4-5,7-9,26-27H,2-3,6,21H2,1H3,(H,28,29,30)(H,31,32,33)(H,34,35,36). The third-order valence-corrected chi connectivity index (χ3v) is 12.6. The van der Waals surface area contributed by atoms with Crippen molar-refractivity contribution >= 4 is 111 Å². The van der Waals surface area contributed by atoms with E-state index in [1.807, 2.05) is 19.1 Å². The van der Waals surface area contributed by atoms with Gasteiger partial charge in [0.1, 0.15) is 43.2 Å². The summed E-state index contributed by atoms with van der Waals surface area (Å²) in [5.41, 5.74) is 20.2. The summed E-state index contributed by atoms with van der Waals surface area (Å²) >= 11 is 0.350. The second kappa shape index (κ2) is 23.6. The number of aryl methyl sites for hydroxylation is 2. The summed E-state index contributed by atoms with van der Waals surface area (Å²) in [7, 11) is -12.6. The Bertz CT molecular complexity index is 3380. The first-order valence-corrected chi connectivity index (χ1v) is 24.7. The van der Waals surface area contributed by atoms with Crippen LogP contribution in [0.25, 0.3) is 10.8 Å². The zero-order valence-electron chi connectivity index (χ0n) is 37.1. The van der Waals surface area contributed by atoms with Gasteiger partial charge < -0.3 is 32.4 Å². The number of phenolic OH excluding ortho intramolecular Hbond substituents is 1. The van der Waals surface area contributed by atoms with Gasteiger partial charge in [-0.15, -0.1) is 19.7 Å². The molecule has 0 saturated heterocycles. The molecule has 0 spiro atoms. The molecule has 0 fully saturated rings. The highest BCUT2D eigenvalue weighted by Crippen LogP contribution is 2.48. The van der Waals surface area contributed by atoms with E-state index in [0.717, 1.165) is 24.7 Å². The number of nitrogens with one attached hydrogen (secondary N) is 1. The second-order valence-corrected chi connectivity index (χ2v) is 19.1. The molecule has 0 saturated carbocycles. The predicted molar refractivity (Wildman–Crippen MR) is 259 cm³/mol. The lowest BCUT2D eigenvalue weighted by molar-refractivity contribution is -0.434. The largest absolute Gasteiger partial charge is 0.505 e. The van der Waals surface area contributed by atoms with Crippen LogP contribution in [0.1, 0.15) is 27.9 Å². The number of rotatable bonds is 18. The number of aromatic hydroxyl groups is 1. The average molecular weight is 1060 g/mol. The maximum Gasteiger partial charge on any atom is 0.296 e. The van der Waals surface area contributed by atoms with Gasteiger partial charge in [-0.3, -0.25) is 22.6 Å². The predicted octanol–water partition coefficient (Wildman–Crippen LogP) is 8.77. The minimum absolute atomic E-state index is 0.0912. The van der Waals surface area contributed by atoms with E-state index in [1.165, 1.54) is 13.2 Å². The number of azo groups is 3. The first kappa shape index (κ1) is 54.7. The molecule has 0 radical (unpaired) electrons. The molecule has 0 aromatic heterocycles. The van der Waals surface area contributed by atoms with Crippen LogP contribution in [0.5, 0.6) is 11.5 Å². The van der Waals surface area contributed by atoms with E-state index in [0.29, 0.717) is 76.2 Å². The van der Waals surface area contributed by atoms with Crippen molar-refractivity contribution in [3.05, 3.63) is 108 Å². The van der Waals surface area contributed by atoms with Crippen molar-refractivity contribution in [1.29, 1.82) is 0 Å². The molecule has 0 atom stereocenters. The van der Waals surface area contributed by atoms with E-state index in [4.69, 9.17) is 31.4 Å². The number of hydrogen-bond donors (Lipinski definition) is 9. The number of ether oxygens (including phenoxy) is 1. The number of fused-ring (bicyclic) bond motifs is 1. The van der Waals surface area contributed by atoms with E-state index in [-0.39, 0.29) is 18.9 Å². The highest BCUT2D eigenvalue weighted by Gasteiger charge is 2.28. The molecule has 1 amide bonds. The molecular formula is C41H42N10O16S4. The van der Waals surface area contributed by atoms with Gasteiger partial charge in [-0.2, -0.15) is 40.6 Å². The molecule has 0 heterocycles. The van der Waals surface area contributed by atoms with Gasteiger partial charge >= 0.3 is 0 Å². The van der Waals surface area contributed by atoms with Crippen molar-refractivity contribution in [1.82, 2.24) is 0 Å². The van der Waals surface area contributed by atoms with Crippen molar-refractivity contribution in [3.8, 4) is 11.5 Å². The van der Waals surface area contributed by atoms with Crippen molar-refractivity contribution in [2.45, 2.75) is 34.5 Å². The SMILES string of the molecule is CN=Nc1c(S(=O)(=O)O)cc2c(S(=O)(=O)O)cc(N=Nc3ccc(CCCOSOOO)cc3S(=O)(=O)O)c(N)c2c1O.COc1cc(N=Nc2ccc(NC(=O)c3ccc(C)cc3)cc2)c(N)cc1N. The molecule has 6 aromatic rings. The Morgan fingerprint density at radius 2 is 1.35 bits per heavy atom. The van der Waals surface area contributed by atoms with Gasteiger partial charge in [0.05, 0.1) is 41.9 Å². The fourth-order valence-corrected chi connectivity index (χ4v) is 8.48. The normalized spacial score (nSPS) is 12.2. The zero-order valence-corrected chi connectivity index (χ0v) is 40.3. The summed E-state index contributed by atoms with van der Waals surface area (Å²) in [5, 5.41) is 46.4. The fraction of sp³-hybridized carbons (Fsp3) is 0.146. The number of hydrogen-bond acceptors (Lipinski definition) is 23. The van der Waals surface area contributed by atoms with Crippen LogP contribution < -0.4 is 27.3 Å². The quantitative estimate of drug-likeness (QED) is 0.00738. The van der Waals surface area contributed by atoms with Crippen LogP contribution >= 0.6 is 12.3 Å². The van der Waals surface area contributed by atoms with E-state index in [9.17, 15) is 48.8 Å². The highest BCUT2D eigenvalue weighted by atomic mass is 32.2. The van der Waals surface area contributed by atoms with E-state index in [2.05, 4.69) is 45.4 Å². The minimum atomic E-state index is -5.18. The molecule has 71 heavy (non-hydrogen) atoms. The van der Waals surface area contributed by atoms with Crippen LogP contribution in [-0.4, -0.2) is 75.9 Å². The summed E-state index contributed by atoms with van der Waals surface area (Å²) in [6.45, 7) is 2.07. The number of carbonyl (C=O) groups is 1. The van der Waals surface area contributed by atoms with Crippen LogP contribution in [0.2, 0.25) is 0 Å². The summed E-state index contributed by atoms with van der Waals surface area (Å²) in [6, 6.07) is 22.5. The second-order valence-electron chi connectivity index (χ2n) is 14.4. The Morgan fingerprint density at radius 1 is 0.718 bits per heavy atom. The van der Waals surface area contributed by atoms with Gasteiger partial charge in [-0.1, -0.05) is 28.8 Å². The third-order valence-electron chi connectivity index (χ3n) is 9.53. The molecule has 6 rings (SSSR count). The number of benzene rings is 6. The van der Waals surface area contributed by atoms with E-state index < -0.39 is 84.3 Å². The topological polar surface area (TPSA) is 422 Å². The first-order valence-electron chi connectivity index (χ1n) is 19.7. The van der Waals surface area contributed by atoms with Gasteiger partial charge in [0.15, 0.2) is 18.1 Å². The van der Waals surface area contributed by atoms with Crippen molar-refractivity contribution < 1.29 is 72.4 Å². The monoisotopic (exact) mass is 1060 g/mol. The lowest BCUT2D eigenvalue weighted by Gasteiger charge is -2.14. The zero-order chi connectivity index (χ0) is 52.3. The lowest BCUT2D eigenvalue weighted by atomic mass is 10.0. The van der Waals surface area contributed by atoms with Crippen molar-refractivity contribution in [2.24, 2.45) is 30.7 Å². The van der Waals surface area contributed by atoms with Gasteiger partial charge in [0.2, 0.25) is 0 Å². The number of phenols is 1. The molecule has 376 valence electrons. The molecule has 6 aromatic carbocycles. The van der Waals surface area contributed by atoms with Gasteiger partial charge in [-0.25, -0.2) is 5.26 Å². The number of carbonyl (C=O) groups excluding carboxylic acids is 1. The number of nitrogens with zero attached hydrogens (tertiary/aromatic N) is 6. The van der Waals surface area contributed by atoms with Gasteiger partial charge in [0, 0.05) is 29.8 Å². The molecule has 26 nitrogen and oxygen atoms in total. The number of anilines is 4. The summed E-state index contributed by atoms with van der Waals surface area (Å²) in [5.74, 6) is -0.746. The summed E-state index contributed by atoms with van der Waals surface area (Å²) in [6.07, 6.45) is 0.583. The third kappa shape index (κ3) is 14.4. The Morgan fingerprint density at radius 3 is 1.96 bits per heavy atom. The van der Waals surface area contributed by atoms with Crippen LogP contribution in [0.15, 0.2) is 136 Å². The maximum atomic E-state index is 12.3. The van der Waals surface area contributed by atoms with Crippen LogP contribution in [0.3, 0.4) is 0 Å². The van der Waals surface area contributed by atoms with Crippen LogP contribution in [0.4, 0.5) is 51.2 Å². The molecule has 12 N–H and O–H groups in total. The Balaban J connectivity index is 0.000000288. The number of nitrogens with two attached hydrogens (primary N) is 3. The van der Waals surface area contributed by atoms with Crippen LogP contribution in [0, 0.1) is 6.92 Å². The molecule has 0 aliphatic heterocycles. The van der Waals surface area contributed by atoms with Crippen LogP contribution in [-0.2, 0) is 50.3 Å². The number of methoxy groups -OCH3 is 1. The van der Waals surface area contributed by atoms with E-state index >= 15 is 0 Å². The van der Waals surface area contributed by atoms with Gasteiger partial charge in [0.25, 0.3) is 36.3 Å². The molecule has 0 aliphatic carbocycles. The highest BCUT2D eigenvalue weighted by molar-refractivity contribution is 7.89. The van der Waals surface area contributed by atoms with Crippen molar-refractivity contribution in [3.63, 3.8) is 0 Å². The minimum Gasteiger partial charge on any atom is -0.505 e. The molecular weight excluding hydrogens is 1020 g/mol. The Hall–Kier alpha value is -7.23. The first-order chi connectivity index (χ1) is 33.5. The van der Waals surface area contributed by atoms with Crippen molar-refractivity contribution in [2.75, 3.05) is 43.3 Å². The maximum absolute atomic E-state index is 12.3. The Kier molecular flexibility index (Phi) is 18.2. The summed E-state index contributed by atoms with van der Waals surface area (Å²) in [4.78, 5) is 9.49. The summed E-state index contributed by atoms with van der Waals surface area (Å²) < 4.78 is 116. The molecule has 30 heteroatoms. The molecule has 0 aliphatic rings. The smallest absolute Gasteiger partial charge is 0.296 e. The fourth-order valence-electron chi connectivity index (χ4n) is 6.21. The number of amides is 1. The lowest BCUT2D eigenvalue weighted by Crippen LogP contribution is -2.11. The molecule has 0 bridgehead atoms. The van der Waals surface area contributed by atoms with E-state index in [1.54, 1.807) is 48.5 Å². The Labute approximate surface area is 408 Å². The average Bonchev–Trinajstić information content (AvgIpc) is 3.30. The molecule has 0 unspecified atom stereocenters. The number of nitrogen functional groups attached to an aromatic ring is 3.